The average molecular weight is 277 g/mol. The Morgan fingerprint density at radius 1 is 1.43 bits per heavy atom. The van der Waals surface area contributed by atoms with Crippen LogP contribution >= 0.6 is 15.9 Å². The standard InChI is InChI=1S/C11H21BrOSi/c1-11(2,3)14(4,5)13-10-7-6-9(12)8-10/h8,10H,6-7H2,1-5H3. The molecule has 0 aliphatic heterocycles. The van der Waals surface area contributed by atoms with E-state index in [2.05, 4.69) is 55.9 Å². The Hall–Kier alpha value is 0.397. The van der Waals surface area contributed by atoms with E-state index in [0.717, 1.165) is 12.8 Å². The number of halogens is 1. The molecule has 0 aromatic carbocycles. The largest absolute Gasteiger partial charge is 0.411 e. The molecule has 0 aromatic rings. The first-order chi connectivity index (χ1) is 6.22. The second kappa shape index (κ2) is 4.10. The van der Waals surface area contributed by atoms with Crippen molar-refractivity contribution in [2.75, 3.05) is 0 Å². The molecule has 0 fully saturated rings. The maximum Gasteiger partial charge on any atom is 0.192 e. The SMILES string of the molecule is CC(C)(C)[Si](C)(C)OC1C=C(Br)CC1. The normalized spacial score (nSPS) is 23.9. The minimum absolute atomic E-state index is 0.315. The van der Waals surface area contributed by atoms with Crippen LogP contribution in [0.1, 0.15) is 33.6 Å². The van der Waals surface area contributed by atoms with Crippen LogP contribution in [0, 0.1) is 0 Å². The van der Waals surface area contributed by atoms with Crippen molar-refractivity contribution in [2.45, 2.75) is 57.8 Å². The summed E-state index contributed by atoms with van der Waals surface area (Å²) in [4.78, 5) is 0. The van der Waals surface area contributed by atoms with Crippen molar-refractivity contribution >= 4 is 24.2 Å². The van der Waals surface area contributed by atoms with E-state index >= 15 is 0 Å². The third-order valence-corrected chi connectivity index (χ3v) is 8.45. The highest BCUT2D eigenvalue weighted by atomic mass is 79.9. The molecule has 0 bridgehead atoms. The van der Waals surface area contributed by atoms with Crippen LogP contribution in [0.2, 0.25) is 18.1 Å². The van der Waals surface area contributed by atoms with Gasteiger partial charge in [0, 0.05) is 0 Å². The van der Waals surface area contributed by atoms with Gasteiger partial charge in [-0.3, -0.25) is 0 Å². The van der Waals surface area contributed by atoms with Crippen molar-refractivity contribution in [3.05, 3.63) is 10.6 Å². The molecule has 0 N–H and O–H groups in total. The van der Waals surface area contributed by atoms with Crippen LogP contribution in [-0.4, -0.2) is 14.4 Å². The van der Waals surface area contributed by atoms with Gasteiger partial charge in [-0.2, -0.15) is 0 Å². The summed E-state index contributed by atoms with van der Waals surface area (Å²) in [6.07, 6.45) is 4.86. The molecule has 1 nitrogen and oxygen atoms in total. The second-order valence-electron chi connectivity index (χ2n) is 5.57. The molecule has 0 saturated carbocycles. The van der Waals surface area contributed by atoms with Crippen molar-refractivity contribution < 1.29 is 4.43 Å². The topological polar surface area (TPSA) is 9.23 Å². The minimum atomic E-state index is -1.56. The van der Waals surface area contributed by atoms with Crippen LogP contribution in [0.4, 0.5) is 0 Å². The Morgan fingerprint density at radius 3 is 2.36 bits per heavy atom. The van der Waals surface area contributed by atoms with E-state index in [1.54, 1.807) is 0 Å². The molecule has 0 amide bonds. The molecule has 0 saturated heterocycles. The third-order valence-electron chi connectivity index (χ3n) is 3.29. The maximum absolute atomic E-state index is 6.27. The van der Waals surface area contributed by atoms with Crippen molar-refractivity contribution in [1.82, 2.24) is 0 Å². The number of hydrogen-bond donors (Lipinski definition) is 0. The van der Waals surface area contributed by atoms with Gasteiger partial charge in [-0.1, -0.05) is 36.7 Å². The average Bonchev–Trinajstić information content (AvgIpc) is 2.31. The Balaban J connectivity index is 2.60. The Morgan fingerprint density at radius 2 is 2.00 bits per heavy atom. The monoisotopic (exact) mass is 276 g/mol. The number of allylic oxidation sites excluding steroid dienone is 1. The summed E-state index contributed by atoms with van der Waals surface area (Å²) >= 11 is 3.53. The summed E-state index contributed by atoms with van der Waals surface area (Å²) in [5.74, 6) is 0. The highest BCUT2D eigenvalue weighted by Gasteiger charge is 2.39. The van der Waals surface area contributed by atoms with E-state index in [0.29, 0.717) is 11.1 Å². The van der Waals surface area contributed by atoms with Gasteiger partial charge in [0.15, 0.2) is 8.32 Å². The molecule has 3 heteroatoms. The lowest BCUT2D eigenvalue weighted by Gasteiger charge is -2.38. The van der Waals surface area contributed by atoms with Gasteiger partial charge in [-0.05, 0) is 41.5 Å². The Labute approximate surface area is 97.2 Å². The molecular weight excluding hydrogens is 256 g/mol. The number of hydrogen-bond acceptors (Lipinski definition) is 1. The van der Waals surface area contributed by atoms with Crippen LogP contribution in [0.3, 0.4) is 0 Å². The van der Waals surface area contributed by atoms with Crippen molar-refractivity contribution in [3.63, 3.8) is 0 Å². The van der Waals surface area contributed by atoms with Gasteiger partial charge in [-0.15, -0.1) is 0 Å². The molecule has 1 aliphatic carbocycles. The predicted molar refractivity (Wildman–Crippen MR) is 68.3 cm³/mol. The summed E-state index contributed by atoms with van der Waals surface area (Å²) in [5, 5.41) is 0.315. The van der Waals surface area contributed by atoms with Gasteiger partial charge in [0.25, 0.3) is 0 Å². The van der Waals surface area contributed by atoms with Crippen molar-refractivity contribution in [3.8, 4) is 0 Å². The van der Waals surface area contributed by atoms with Gasteiger partial charge < -0.3 is 4.43 Å². The quantitative estimate of drug-likeness (QED) is 0.678. The smallest absolute Gasteiger partial charge is 0.192 e. The molecule has 1 rings (SSSR count). The molecule has 1 aliphatic rings. The summed E-state index contributed by atoms with van der Waals surface area (Å²) in [7, 11) is -1.56. The first-order valence-corrected chi connectivity index (χ1v) is 8.96. The van der Waals surface area contributed by atoms with E-state index in [-0.39, 0.29) is 0 Å². The maximum atomic E-state index is 6.27. The van der Waals surface area contributed by atoms with Gasteiger partial charge >= 0.3 is 0 Å². The predicted octanol–water partition coefficient (Wildman–Crippen LogP) is 4.45. The van der Waals surface area contributed by atoms with Crippen LogP contribution in [-0.2, 0) is 4.43 Å². The molecule has 0 radical (unpaired) electrons. The van der Waals surface area contributed by atoms with E-state index in [1.807, 2.05) is 0 Å². The van der Waals surface area contributed by atoms with Gasteiger partial charge in [0.1, 0.15) is 0 Å². The van der Waals surface area contributed by atoms with Gasteiger partial charge in [-0.25, -0.2) is 0 Å². The first-order valence-electron chi connectivity index (χ1n) is 5.26. The van der Waals surface area contributed by atoms with E-state index in [9.17, 15) is 0 Å². The van der Waals surface area contributed by atoms with Crippen LogP contribution in [0.25, 0.3) is 0 Å². The van der Waals surface area contributed by atoms with Crippen LogP contribution < -0.4 is 0 Å². The lowest BCUT2D eigenvalue weighted by atomic mass is 10.2. The van der Waals surface area contributed by atoms with Gasteiger partial charge in [0.05, 0.1) is 6.10 Å². The zero-order valence-electron chi connectivity index (χ0n) is 9.86. The molecule has 1 atom stereocenters. The fourth-order valence-corrected chi connectivity index (χ4v) is 3.12. The van der Waals surface area contributed by atoms with Crippen LogP contribution in [0.5, 0.6) is 0 Å². The van der Waals surface area contributed by atoms with Crippen LogP contribution in [0.15, 0.2) is 10.6 Å². The fraction of sp³-hybridized carbons (Fsp3) is 0.818. The van der Waals surface area contributed by atoms with Crippen molar-refractivity contribution in [2.24, 2.45) is 0 Å². The highest BCUT2D eigenvalue weighted by Crippen LogP contribution is 2.39. The molecule has 0 spiro atoms. The molecule has 0 aromatic heterocycles. The number of rotatable bonds is 2. The molecule has 1 unspecified atom stereocenters. The molecule has 14 heavy (non-hydrogen) atoms. The molecular formula is C11H21BrOSi. The summed E-state index contributed by atoms with van der Waals surface area (Å²) in [6, 6.07) is 0. The van der Waals surface area contributed by atoms with E-state index in [4.69, 9.17) is 4.43 Å². The summed E-state index contributed by atoms with van der Waals surface area (Å²) < 4.78 is 7.57. The van der Waals surface area contributed by atoms with Crippen molar-refractivity contribution in [1.29, 1.82) is 0 Å². The van der Waals surface area contributed by atoms with E-state index < -0.39 is 8.32 Å². The summed E-state index contributed by atoms with van der Waals surface area (Å²) in [6.45, 7) is 11.5. The van der Waals surface area contributed by atoms with E-state index in [1.165, 1.54) is 4.48 Å². The first kappa shape index (κ1) is 12.5. The summed E-state index contributed by atoms with van der Waals surface area (Å²) in [5.41, 5.74) is 0. The third kappa shape index (κ3) is 2.94. The zero-order valence-corrected chi connectivity index (χ0v) is 12.4. The minimum Gasteiger partial charge on any atom is -0.411 e. The fourth-order valence-electron chi connectivity index (χ4n) is 1.30. The second-order valence-corrected chi connectivity index (χ2v) is 11.3. The lowest BCUT2D eigenvalue weighted by Crippen LogP contribution is -2.43. The zero-order chi connectivity index (χ0) is 11.0. The Bertz CT molecular complexity index is 240. The molecule has 0 heterocycles. The molecule has 82 valence electrons. The Kier molecular flexibility index (Phi) is 3.65. The lowest BCUT2D eigenvalue weighted by molar-refractivity contribution is 0.224. The van der Waals surface area contributed by atoms with Gasteiger partial charge in [0.2, 0.25) is 0 Å². The highest BCUT2D eigenvalue weighted by molar-refractivity contribution is 9.11.